The van der Waals surface area contributed by atoms with E-state index in [2.05, 4.69) is 19.2 Å². The summed E-state index contributed by atoms with van der Waals surface area (Å²) in [6.45, 7) is 9.64. The Morgan fingerprint density at radius 3 is 2.42 bits per heavy atom. The topological polar surface area (TPSA) is 71.1 Å². The predicted octanol–water partition coefficient (Wildman–Crippen LogP) is 6.87. The minimum atomic E-state index is -0.385. The van der Waals surface area contributed by atoms with Gasteiger partial charge in [0, 0.05) is 30.2 Å². The molecule has 0 aromatic heterocycles. The number of ether oxygens (including phenoxy) is 2. The average molecular weight is 604 g/mol. The molecular formula is C35H42ClN3O4. The van der Waals surface area contributed by atoms with E-state index in [0.29, 0.717) is 16.5 Å². The summed E-state index contributed by atoms with van der Waals surface area (Å²) in [7, 11) is 1.62. The molecule has 7 nitrogen and oxygen atoms in total. The molecule has 228 valence electrons. The number of fused-ring (bicyclic) bond motifs is 1. The molecule has 3 aromatic rings. The van der Waals surface area contributed by atoms with Gasteiger partial charge < -0.3 is 24.6 Å². The normalized spacial score (nSPS) is 19.8. The number of nitrogens with zero attached hydrogens (tertiary/aromatic N) is 2. The Labute approximate surface area is 260 Å². The van der Waals surface area contributed by atoms with E-state index in [0.717, 1.165) is 60.3 Å². The van der Waals surface area contributed by atoms with E-state index in [1.54, 1.807) is 14.0 Å². The van der Waals surface area contributed by atoms with Crippen LogP contribution in [-0.4, -0.2) is 49.1 Å². The second-order valence-electron chi connectivity index (χ2n) is 11.6. The van der Waals surface area contributed by atoms with Gasteiger partial charge in [-0.2, -0.15) is 0 Å². The Morgan fingerprint density at radius 2 is 1.81 bits per heavy atom. The molecule has 0 radical (unpaired) electrons. The highest BCUT2D eigenvalue weighted by molar-refractivity contribution is 6.30. The number of nitrogens with one attached hydrogen (secondary N) is 1. The monoisotopic (exact) mass is 603 g/mol. The molecule has 1 fully saturated rings. The van der Waals surface area contributed by atoms with Crippen LogP contribution in [0.3, 0.4) is 0 Å². The van der Waals surface area contributed by atoms with E-state index in [1.165, 1.54) is 0 Å². The third-order valence-corrected chi connectivity index (χ3v) is 9.03. The maximum Gasteiger partial charge on any atom is 0.232 e. The Bertz CT molecular complexity index is 1440. The van der Waals surface area contributed by atoms with Gasteiger partial charge in [-0.1, -0.05) is 42.8 Å². The predicted molar refractivity (Wildman–Crippen MR) is 171 cm³/mol. The third kappa shape index (κ3) is 6.53. The number of rotatable bonds is 9. The van der Waals surface area contributed by atoms with Crippen molar-refractivity contribution in [3.63, 3.8) is 0 Å². The van der Waals surface area contributed by atoms with Crippen LogP contribution in [0.25, 0.3) is 0 Å². The lowest BCUT2D eigenvalue weighted by Crippen LogP contribution is -2.49. The van der Waals surface area contributed by atoms with Crippen LogP contribution in [0, 0.1) is 0 Å². The Balaban J connectivity index is 1.54. The average Bonchev–Trinajstić information content (AvgIpc) is 3.01. The van der Waals surface area contributed by atoms with Crippen molar-refractivity contribution in [2.75, 3.05) is 25.1 Å². The first-order chi connectivity index (χ1) is 20.7. The van der Waals surface area contributed by atoms with Crippen LogP contribution < -0.4 is 19.7 Å². The molecule has 1 saturated heterocycles. The lowest BCUT2D eigenvalue weighted by Gasteiger charge is -2.39. The van der Waals surface area contributed by atoms with Crippen molar-refractivity contribution in [3.8, 4) is 11.5 Å². The molecule has 2 amide bonds. The van der Waals surface area contributed by atoms with Gasteiger partial charge in [0.1, 0.15) is 0 Å². The Morgan fingerprint density at radius 1 is 1.09 bits per heavy atom. The molecule has 2 aliphatic heterocycles. The van der Waals surface area contributed by atoms with Crippen LogP contribution in [0.2, 0.25) is 5.02 Å². The van der Waals surface area contributed by atoms with Crippen molar-refractivity contribution in [2.24, 2.45) is 0 Å². The van der Waals surface area contributed by atoms with Crippen molar-refractivity contribution in [1.82, 2.24) is 10.2 Å². The van der Waals surface area contributed by atoms with Crippen LogP contribution in [-0.2, 0) is 16.0 Å². The van der Waals surface area contributed by atoms with Crippen molar-refractivity contribution < 1.29 is 19.1 Å². The SMILES string of the molecule is CC[C@@H](C)Oc1cc2c(cc1OC)CC(=O)N(c1ccc(C(C)N(C(C)=O)[C@H]3CCCNC3)cc1)[C@H]2c1ccc(Cl)cc1. The minimum Gasteiger partial charge on any atom is -0.493 e. The fourth-order valence-corrected chi connectivity index (χ4v) is 6.49. The molecule has 0 spiro atoms. The van der Waals surface area contributed by atoms with Gasteiger partial charge >= 0.3 is 0 Å². The third-order valence-electron chi connectivity index (χ3n) is 8.78. The van der Waals surface area contributed by atoms with Gasteiger partial charge in [0.2, 0.25) is 11.8 Å². The molecule has 2 aliphatic rings. The van der Waals surface area contributed by atoms with Crippen molar-refractivity contribution >= 4 is 29.1 Å². The van der Waals surface area contributed by atoms with Gasteiger partial charge in [0.15, 0.2) is 11.5 Å². The quantitative estimate of drug-likeness (QED) is 0.289. The number of benzene rings is 3. The summed E-state index contributed by atoms with van der Waals surface area (Å²) >= 11 is 6.27. The molecule has 0 aliphatic carbocycles. The number of piperidine rings is 1. The summed E-state index contributed by atoms with van der Waals surface area (Å²) < 4.78 is 11.9. The zero-order valence-electron chi connectivity index (χ0n) is 25.7. The van der Waals surface area contributed by atoms with E-state index in [4.69, 9.17) is 21.1 Å². The smallest absolute Gasteiger partial charge is 0.232 e. The molecule has 0 saturated carbocycles. The molecule has 0 bridgehead atoms. The summed E-state index contributed by atoms with van der Waals surface area (Å²) in [5.41, 5.74) is 4.68. The molecule has 1 unspecified atom stereocenters. The largest absolute Gasteiger partial charge is 0.493 e. The van der Waals surface area contributed by atoms with Crippen molar-refractivity contribution in [2.45, 2.75) is 77.6 Å². The highest BCUT2D eigenvalue weighted by Crippen LogP contribution is 2.44. The second kappa shape index (κ2) is 13.4. The number of anilines is 1. The number of carbonyl (C=O) groups is 2. The van der Waals surface area contributed by atoms with Gasteiger partial charge in [-0.05, 0) is 98.3 Å². The number of methoxy groups -OCH3 is 1. The van der Waals surface area contributed by atoms with E-state index in [-0.39, 0.29) is 42.5 Å². The maximum atomic E-state index is 13.9. The van der Waals surface area contributed by atoms with Crippen molar-refractivity contribution in [3.05, 3.63) is 87.9 Å². The number of hydrogen-bond donors (Lipinski definition) is 1. The first kappa shape index (κ1) is 30.9. The lowest BCUT2D eigenvalue weighted by molar-refractivity contribution is -0.134. The zero-order chi connectivity index (χ0) is 30.7. The highest BCUT2D eigenvalue weighted by atomic mass is 35.5. The van der Waals surface area contributed by atoms with Gasteiger partial charge in [-0.15, -0.1) is 0 Å². The number of halogens is 1. The fraction of sp³-hybridized carbons (Fsp3) is 0.429. The zero-order valence-corrected chi connectivity index (χ0v) is 26.5. The summed E-state index contributed by atoms with van der Waals surface area (Å²) in [6.07, 6.45) is 3.16. The molecule has 43 heavy (non-hydrogen) atoms. The molecule has 4 atom stereocenters. The molecule has 5 rings (SSSR count). The van der Waals surface area contributed by atoms with Gasteiger partial charge in [0.25, 0.3) is 0 Å². The summed E-state index contributed by atoms with van der Waals surface area (Å²) in [5, 5.41) is 4.06. The first-order valence-corrected chi connectivity index (χ1v) is 15.6. The van der Waals surface area contributed by atoms with Crippen LogP contribution >= 0.6 is 11.6 Å². The van der Waals surface area contributed by atoms with Crippen LogP contribution in [0.4, 0.5) is 5.69 Å². The maximum absolute atomic E-state index is 13.9. The van der Waals surface area contributed by atoms with Crippen LogP contribution in [0.15, 0.2) is 60.7 Å². The van der Waals surface area contributed by atoms with E-state index in [1.807, 2.05) is 77.4 Å². The minimum absolute atomic E-state index is 0.00969. The molecule has 8 heteroatoms. The van der Waals surface area contributed by atoms with Gasteiger partial charge in [-0.25, -0.2) is 0 Å². The first-order valence-electron chi connectivity index (χ1n) is 15.3. The summed E-state index contributed by atoms with van der Waals surface area (Å²) in [6, 6.07) is 19.4. The summed E-state index contributed by atoms with van der Waals surface area (Å²) in [5.74, 6) is 1.34. The van der Waals surface area contributed by atoms with Gasteiger partial charge in [-0.3, -0.25) is 9.59 Å². The lowest BCUT2D eigenvalue weighted by atomic mass is 9.86. The highest BCUT2D eigenvalue weighted by Gasteiger charge is 2.36. The standard InChI is InChI=1S/C35H42ClN3O4/c1-6-22(2)43-33-20-31-27(18-32(33)42-5)19-34(41)39(35(31)26-9-13-28(36)14-10-26)29-15-11-25(12-16-29)23(3)38(24(4)40)30-8-7-17-37-21-30/h9-16,18,20,22-23,30,35,37H,6-8,17,19,21H2,1-5H3/t22-,23?,30+,35+/m1/s1. The number of hydrogen-bond acceptors (Lipinski definition) is 5. The van der Waals surface area contributed by atoms with E-state index < -0.39 is 0 Å². The van der Waals surface area contributed by atoms with E-state index in [9.17, 15) is 9.59 Å². The number of carbonyl (C=O) groups excluding carboxylic acids is 2. The molecule has 2 heterocycles. The Hall–Kier alpha value is -3.55. The second-order valence-corrected chi connectivity index (χ2v) is 12.1. The molecular weight excluding hydrogens is 562 g/mol. The van der Waals surface area contributed by atoms with Crippen molar-refractivity contribution in [1.29, 1.82) is 0 Å². The van der Waals surface area contributed by atoms with Crippen LogP contribution in [0.5, 0.6) is 11.5 Å². The number of amides is 2. The molecule has 1 N–H and O–H groups in total. The Kier molecular flexibility index (Phi) is 9.62. The van der Waals surface area contributed by atoms with Crippen LogP contribution in [0.1, 0.15) is 81.3 Å². The molecule has 3 aromatic carbocycles. The van der Waals surface area contributed by atoms with Gasteiger partial charge in [0.05, 0.1) is 31.7 Å². The summed E-state index contributed by atoms with van der Waals surface area (Å²) in [4.78, 5) is 30.5. The fourth-order valence-electron chi connectivity index (χ4n) is 6.37. The van der Waals surface area contributed by atoms with E-state index >= 15 is 0 Å².